The maximum atomic E-state index is 14.0. The largest absolute Gasteiger partial charge is 0.315 e. The van der Waals surface area contributed by atoms with Crippen molar-refractivity contribution in [2.45, 2.75) is 25.3 Å². The van der Waals surface area contributed by atoms with Crippen LogP contribution in [-0.2, 0) is 6.54 Å². The lowest BCUT2D eigenvalue weighted by atomic mass is 10.2. The normalized spacial score (nSPS) is 14.9. The summed E-state index contributed by atoms with van der Waals surface area (Å²) in [6, 6.07) is 5.14. The molecule has 1 saturated carbocycles. The van der Waals surface area contributed by atoms with E-state index >= 15 is 0 Å². The Hall–Kier alpha value is -0.780. The molecule has 0 unspecified atom stereocenters. The van der Waals surface area contributed by atoms with Gasteiger partial charge in [-0.25, -0.2) is 9.37 Å². The molecule has 3 rings (SSSR count). The van der Waals surface area contributed by atoms with Crippen LogP contribution in [0.4, 0.5) is 4.39 Å². The first-order valence-corrected chi connectivity index (χ1v) is 7.89. The maximum Gasteiger partial charge on any atom is 0.134 e. The van der Waals surface area contributed by atoms with Crippen LogP contribution in [0.3, 0.4) is 0 Å². The summed E-state index contributed by atoms with van der Waals surface area (Å²) in [7, 11) is 1.93. The summed E-state index contributed by atoms with van der Waals surface area (Å²) in [5, 5.41) is 3.95. The number of rotatable bonds is 4. The fourth-order valence-corrected chi connectivity index (χ4v) is 3.62. The number of hydrogen-bond acceptors (Lipinski definition) is 3. The lowest BCUT2D eigenvalue weighted by molar-refractivity contribution is 0.630. The van der Waals surface area contributed by atoms with Crippen molar-refractivity contribution in [3.8, 4) is 10.6 Å². The van der Waals surface area contributed by atoms with Crippen LogP contribution >= 0.6 is 27.3 Å². The Morgan fingerprint density at radius 2 is 2.26 bits per heavy atom. The molecule has 0 amide bonds. The molecule has 0 aliphatic heterocycles. The van der Waals surface area contributed by atoms with Gasteiger partial charge in [0.2, 0.25) is 0 Å². The number of nitrogens with zero attached hydrogens (tertiary/aromatic N) is 1. The topological polar surface area (TPSA) is 24.9 Å². The molecule has 1 fully saturated rings. The Labute approximate surface area is 124 Å². The van der Waals surface area contributed by atoms with E-state index in [0.29, 0.717) is 11.5 Å². The van der Waals surface area contributed by atoms with Crippen LogP contribution in [0, 0.1) is 5.82 Å². The molecule has 1 aromatic heterocycles. The summed E-state index contributed by atoms with van der Waals surface area (Å²) in [6.07, 6.45) is 2.42. The molecule has 0 radical (unpaired) electrons. The molecule has 2 aromatic rings. The van der Waals surface area contributed by atoms with Crippen LogP contribution in [-0.4, -0.2) is 12.0 Å². The smallest absolute Gasteiger partial charge is 0.134 e. The van der Waals surface area contributed by atoms with Crippen LogP contribution in [0.15, 0.2) is 22.7 Å². The minimum atomic E-state index is -0.221. The summed E-state index contributed by atoms with van der Waals surface area (Å²) >= 11 is 4.88. The molecular formula is C14H14BrFN2S. The number of benzene rings is 1. The fraction of sp³-hybridized carbons (Fsp3) is 0.357. The summed E-state index contributed by atoms with van der Waals surface area (Å²) in [6.45, 7) is 0.807. The molecule has 1 aliphatic rings. The van der Waals surface area contributed by atoms with Crippen LogP contribution in [0.2, 0.25) is 0 Å². The average molecular weight is 341 g/mol. The first kappa shape index (κ1) is 13.2. The van der Waals surface area contributed by atoms with Crippen molar-refractivity contribution in [3.63, 3.8) is 0 Å². The van der Waals surface area contributed by atoms with Crippen LogP contribution in [0.5, 0.6) is 0 Å². The van der Waals surface area contributed by atoms with E-state index in [0.717, 1.165) is 21.7 Å². The third-order valence-corrected chi connectivity index (χ3v) is 4.79. The number of aromatic nitrogens is 1. The molecule has 0 atom stereocenters. The predicted molar refractivity (Wildman–Crippen MR) is 79.9 cm³/mol. The number of hydrogen-bond donors (Lipinski definition) is 1. The van der Waals surface area contributed by atoms with Gasteiger partial charge in [-0.3, -0.25) is 0 Å². The summed E-state index contributed by atoms with van der Waals surface area (Å²) in [4.78, 5) is 5.91. The molecule has 0 spiro atoms. The van der Waals surface area contributed by atoms with Crippen molar-refractivity contribution in [1.29, 1.82) is 0 Å². The second kappa shape index (κ2) is 5.31. The van der Waals surface area contributed by atoms with Gasteiger partial charge in [-0.05, 0) is 38.1 Å². The zero-order chi connectivity index (χ0) is 13.4. The van der Waals surface area contributed by atoms with Crippen molar-refractivity contribution in [3.05, 3.63) is 39.1 Å². The minimum absolute atomic E-state index is 0.221. The molecule has 1 N–H and O–H groups in total. The van der Waals surface area contributed by atoms with Gasteiger partial charge in [0.25, 0.3) is 0 Å². The molecule has 1 aliphatic carbocycles. The van der Waals surface area contributed by atoms with Crippen LogP contribution in [0.25, 0.3) is 10.6 Å². The van der Waals surface area contributed by atoms with E-state index in [-0.39, 0.29) is 5.82 Å². The van der Waals surface area contributed by atoms with E-state index in [1.807, 2.05) is 13.1 Å². The van der Waals surface area contributed by atoms with Gasteiger partial charge in [0.1, 0.15) is 10.8 Å². The summed E-state index contributed by atoms with van der Waals surface area (Å²) in [5.41, 5.74) is 1.76. The predicted octanol–water partition coefficient (Wildman–Crippen LogP) is 4.31. The van der Waals surface area contributed by atoms with Crippen LogP contribution < -0.4 is 5.32 Å². The highest BCUT2D eigenvalue weighted by Crippen LogP contribution is 2.44. The molecule has 0 saturated heterocycles. The van der Waals surface area contributed by atoms with Crippen molar-refractivity contribution in [2.75, 3.05) is 7.05 Å². The second-order valence-corrected chi connectivity index (χ2v) is 6.76. The molecule has 5 heteroatoms. The first-order chi connectivity index (χ1) is 9.19. The molecule has 0 bridgehead atoms. The Morgan fingerprint density at radius 3 is 2.89 bits per heavy atom. The number of thiazole rings is 1. The van der Waals surface area contributed by atoms with E-state index in [1.54, 1.807) is 17.4 Å². The Morgan fingerprint density at radius 1 is 1.47 bits per heavy atom. The summed E-state index contributed by atoms with van der Waals surface area (Å²) < 4.78 is 14.8. The fourth-order valence-electron chi connectivity index (χ4n) is 2.10. The second-order valence-electron chi connectivity index (χ2n) is 4.76. The van der Waals surface area contributed by atoms with Gasteiger partial charge in [0.05, 0.1) is 5.69 Å². The Kier molecular flexibility index (Phi) is 3.69. The Balaban J connectivity index is 2.02. The van der Waals surface area contributed by atoms with Gasteiger partial charge in [0, 0.05) is 27.4 Å². The lowest BCUT2D eigenvalue weighted by Crippen LogP contribution is -2.05. The molecule has 19 heavy (non-hydrogen) atoms. The highest BCUT2D eigenvalue weighted by molar-refractivity contribution is 9.10. The minimum Gasteiger partial charge on any atom is -0.315 e. The van der Waals surface area contributed by atoms with Gasteiger partial charge in [-0.1, -0.05) is 15.9 Å². The van der Waals surface area contributed by atoms with Gasteiger partial charge in [-0.15, -0.1) is 11.3 Å². The molecule has 1 heterocycles. The van der Waals surface area contributed by atoms with Crippen molar-refractivity contribution < 1.29 is 4.39 Å². The van der Waals surface area contributed by atoms with E-state index in [1.165, 1.54) is 23.8 Å². The van der Waals surface area contributed by atoms with E-state index in [2.05, 4.69) is 26.2 Å². The van der Waals surface area contributed by atoms with Crippen LogP contribution in [0.1, 0.15) is 29.3 Å². The highest BCUT2D eigenvalue weighted by Gasteiger charge is 2.29. The third kappa shape index (κ3) is 2.73. The van der Waals surface area contributed by atoms with Crippen molar-refractivity contribution in [1.82, 2.24) is 10.3 Å². The monoisotopic (exact) mass is 340 g/mol. The SMILES string of the molecule is CNCc1sc(-c2ccc(Br)cc2F)nc1C1CC1. The highest BCUT2D eigenvalue weighted by atomic mass is 79.9. The molecule has 100 valence electrons. The van der Waals surface area contributed by atoms with E-state index in [9.17, 15) is 4.39 Å². The van der Waals surface area contributed by atoms with Crippen molar-refractivity contribution in [2.24, 2.45) is 0 Å². The number of halogens is 2. The zero-order valence-corrected chi connectivity index (χ0v) is 12.9. The van der Waals surface area contributed by atoms with Crippen molar-refractivity contribution >= 4 is 27.3 Å². The average Bonchev–Trinajstić information content (AvgIpc) is 3.12. The zero-order valence-electron chi connectivity index (χ0n) is 10.5. The Bertz CT molecular complexity index is 607. The third-order valence-electron chi connectivity index (χ3n) is 3.19. The first-order valence-electron chi connectivity index (χ1n) is 6.28. The van der Waals surface area contributed by atoms with Gasteiger partial charge < -0.3 is 5.32 Å². The number of nitrogens with one attached hydrogen (secondary N) is 1. The quantitative estimate of drug-likeness (QED) is 0.896. The standard InChI is InChI=1S/C14H14BrFN2S/c1-17-7-12-13(8-2-3-8)18-14(19-12)10-5-4-9(15)6-11(10)16/h4-6,8,17H,2-3,7H2,1H3. The summed E-state index contributed by atoms with van der Waals surface area (Å²) in [5.74, 6) is 0.369. The molecular weight excluding hydrogens is 327 g/mol. The van der Waals surface area contributed by atoms with Gasteiger partial charge in [-0.2, -0.15) is 0 Å². The maximum absolute atomic E-state index is 14.0. The molecule has 2 nitrogen and oxygen atoms in total. The van der Waals surface area contributed by atoms with Gasteiger partial charge in [0.15, 0.2) is 0 Å². The van der Waals surface area contributed by atoms with Gasteiger partial charge >= 0.3 is 0 Å². The lowest BCUT2D eigenvalue weighted by Gasteiger charge is -1.99. The molecule has 1 aromatic carbocycles. The van der Waals surface area contributed by atoms with E-state index in [4.69, 9.17) is 0 Å². The van der Waals surface area contributed by atoms with E-state index < -0.39 is 0 Å².